The van der Waals surface area contributed by atoms with Gasteiger partial charge in [0.15, 0.2) is 0 Å². The van der Waals surface area contributed by atoms with Crippen molar-refractivity contribution in [1.82, 2.24) is 5.32 Å². The van der Waals surface area contributed by atoms with Gasteiger partial charge in [-0.15, -0.1) is 0 Å². The van der Waals surface area contributed by atoms with Crippen LogP contribution >= 0.6 is 0 Å². The molecule has 24 heavy (non-hydrogen) atoms. The predicted octanol–water partition coefficient (Wildman–Crippen LogP) is 2.68. The Morgan fingerprint density at radius 3 is 2.33 bits per heavy atom. The van der Waals surface area contributed by atoms with Gasteiger partial charge >= 0.3 is 0 Å². The Kier molecular flexibility index (Phi) is 6.01. The highest BCUT2D eigenvalue weighted by Gasteiger charge is 2.18. The van der Waals surface area contributed by atoms with Gasteiger partial charge < -0.3 is 10.2 Å². The molecule has 2 amide bonds. The number of amides is 2. The molecule has 0 atom stereocenters. The molecule has 2 aromatic rings. The zero-order chi connectivity index (χ0) is 17.5. The molecule has 0 bridgehead atoms. The van der Waals surface area contributed by atoms with Crippen LogP contribution in [0.15, 0.2) is 48.5 Å². The highest BCUT2D eigenvalue weighted by molar-refractivity contribution is 5.97. The molecule has 0 saturated heterocycles. The van der Waals surface area contributed by atoms with Crippen molar-refractivity contribution in [1.29, 1.82) is 0 Å². The van der Waals surface area contributed by atoms with Crippen molar-refractivity contribution in [2.45, 2.75) is 13.3 Å². The number of anilines is 1. The number of carbonyl (C=O) groups excluding carboxylic acids is 2. The molecule has 0 aromatic heterocycles. The summed E-state index contributed by atoms with van der Waals surface area (Å²) in [5.74, 6) is -1.69. The van der Waals surface area contributed by atoms with Crippen molar-refractivity contribution < 1.29 is 18.4 Å². The average molecular weight is 332 g/mol. The molecule has 2 rings (SSSR count). The van der Waals surface area contributed by atoms with Crippen LogP contribution in [0.2, 0.25) is 0 Å². The molecule has 6 heteroatoms. The van der Waals surface area contributed by atoms with Crippen molar-refractivity contribution in [3.63, 3.8) is 0 Å². The molecule has 0 aliphatic rings. The first-order valence-electron chi connectivity index (χ1n) is 7.51. The number of para-hydroxylation sites is 1. The minimum Gasteiger partial charge on any atom is -0.354 e. The number of benzene rings is 2. The third-order valence-electron chi connectivity index (χ3n) is 3.47. The molecule has 0 spiro atoms. The van der Waals surface area contributed by atoms with Gasteiger partial charge in [-0.3, -0.25) is 9.59 Å². The Morgan fingerprint density at radius 2 is 1.71 bits per heavy atom. The van der Waals surface area contributed by atoms with E-state index in [1.807, 2.05) is 0 Å². The van der Waals surface area contributed by atoms with Gasteiger partial charge in [0.1, 0.15) is 18.2 Å². The SMILES string of the molecule is CC(=O)N(CC(=O)NCCc1ccc(F)cc1)c1ccccc1F. The summed E-state index contributed by atoms with van der Waals surface area (Å²) in [4.78, 5) is 24.8. The second kappa shape index (κ2) is 8.19. The van der Waals surface area contributed by atoms with E-state index in [1.165, 1.54) is 37.3 Å². The molecule has 0 aliphatic carbocycles. The molecule has 0 aliphatic heterocycles. The summed E-state index contributed by atoms with van der Waals surface area (Å²) >= 11 is 0. The van der Waals surface area contributed by atoms with E-state index in [2.05, 4.69) is 5.32 Å². The zero-order valence-corrected chi connectivity index (χ0v) is 13.3. The molecular weight excluding hydrogens is 314 g/mol. The normalized spacial score (nSPS) is 10.3. The minimum atomic E-state index is -0.563. The largest absolute Gasteiger partial charge is 0.354 e. The van der Waals surface area contributed by atoms with Gasteiger partial charge in [-0.1, -0.05) is 24.3 Å². The fraction of sp³-hybridized carbons (Fsp3) is 0.222. The molecule has 0 fully saturated rings. The lowest BCUT2D eigenvalue weighted by Gasteiger charge is -2.21. The quantitative estimate of drug-likeness (QED) is 0.884. The fourth-order valence-electron chi connectivity index (χ4n) is 2.23. The third kappa shape index (κ3) is 4.87. The van der Waals surface area contributed by atoms with E-state index in [9.17, 15) is 18.4 Å². The minimum absolute atomic E-state index is 0.0682. The number of rotatable bonds is 6. The topological polar surface area (TPSA) is 49.4 Å². The molecular formula is C18H18F2N2O2. The molecule has 4 nitrogen and oxygen atoms in total. The number of nitrogens with zero attached hydrogens (tertiary/aromatic N) is 1. The summed E-state index contributed by atoms with van der Waals surface area (Å²) in [6, 6.07) is 11.8. The summed E-state index contributed by atoms with van der Waals surface area (Å²) in [7, 11) is 0. The summed E-state index contributed by atoms with van der Waals surface area (Å²) in [6.07, 6.45) is 0.534. The van der Waals surface area contributed by atoms with Crippen LogP contribution in [0.5, 0.6) is 0 Å². The number of carbonyl (C=O) groups is 2. The smallest absolute Gasteiger partial charge is 0.240 e. The van der Waals surface area contributed by atoms with Crippen molar-refractivity contribution in [2.24, 2.45) is 0 Å². The van der Waals surface area contributed by atoms with Gasteiger partial charge in [0.05, 0.1) is 5.69 Å². The third-order valence-corrected chi connectivity index (χ3v) is 3.47. The van der Waals surface area contributed by atoms with E-state index in [4.69, 9.17) is 0 Å². The van der Waals surface area contributed by atoms with Crippen LogP contribution in [0, 0.1) is 11.6 Å². The highest BCUT2D eigenvalue weighted by atomic mass is 19.1. The molecule has 0 radical (unpaired) electrons. The van der Waals surface area contributed by atoms with Crippen molar-refractivity contribution >= 4 is 17.5 Å². The maximum absolute atomic E-state index is 13.8. The van der Waals surface area contributed by atoms with Gasteiger partial charge in [-0.25, -0.2) is 8.78 Å². The Labute approximate surface area is 139 Å². The Morgan fingerprint density at radius 1 is 1.04 bits per heavy atom. The predicted molar refractivity (Wildman–Crippen MR) is 87.5 cm³/mol. The molecule has 0 saturated carbocycles. The van der Waals surface area contributed by atoms with E-state index in [1.54, 1.807) is 18.2 Å². The molecule has 0 unspecified atom stereocenters. The summed E-state index contributed by atoms with van der Waals surface area (Å²) in [6.45, 7) is 1.35. The van der Waals surface area contributed by atoms with Gasteiger partial charge in [-0.2, -0.15) is 0 Å². The van der Waals surface area contributed by atoms with E-state index in [0.29, 0.717) is 13.0 Å². The summed E-state index contributed by atoms with van der Waals surface area (Å²) in [5.41, 5.74) is 0.952. The zero-order valence-electron chi connectivity index (χ0n) is 13.3. The first kappa shape index (κ1) is 17.6. The lowest BCUT2D eigenvalue weighted by atomic mass is 10.1. The Balaban J connectivity index is 1.90. The summed E-state index contributed by atoms with van der Waals surface area (Å²) < 4.78 is 26.6. The lowest BCUT2D eigenvalue weighted by molar-refractivity contribution is -0.123. The van der Waals surface area contributed by atoms with Crippen LogP contribution < -0.4 is 10.2 Å². The Bertz CT molecular complexity index is 717. The van der Waals surface area contributed by atoms with Crippen LogP contribution in [-0.2, 0) is 16.0 Å². The average Bonchev–Trinajstić information content (AvgIpc) is 2.55. The van der Waals surface area contributed by atoms with Crippen LogP contribution in [0.3, 0.4) is 0 Å². The first-order valence-corrected chi connectivity index (χ1v) is 7.51. The summed E-state index contributed by atoms with van der Waals surface area (Å²) in [5, 5.41) is 2.67. The second-order valence-electron chi connectivity index (χ2n) is 5.28. The molecule has 0 heterocycles. The van der Waals surface area contributed by atoms with Crippen molar-refractivity contribution in [3.05, 3.63) is 65.7 Å². The van der Waals surface area contributed by atoms with E-state index in [-0.39, 0.29) is 18.0 Å². The second-order valence-corrected chi connectivity index (χ2v) is 5.28. The molecule has 126 valence electrons. The Hall–Kier alpha value is -2.76. The van der Waals surface area contributed by atoms with Crippen molar-refractivity contribution in [3.8, 4) is 0 Å². The standard InChI is InChI=1S/C18H18F2N2O2/c1-13(23)22(17-5-3-2-4-16(17)20)12-18(24)21-11-10-14-6-8-15(19)9-7-14/h2-9H,10-12H2,1H3,(H,21,24). The first-order chi connectivity index (χ1) is 11.5. The molecule has 2 aromatic carbocycles. The lowest BCUT2D eigenvalue weighted by Crippen LogP contribution is -2.40. The van der Waals surface area contributed by atoms with Crippen LogP contribution in [0.25, 0.3) is 0 Å². The number of hydrogen-bond donors (Lipinski definition) is 1. The maximum atomic E-state index is 13.8. The van der Waals surface area contributed by atoms with Gasteiger partial charge in [-0.05, 0) is 36.2 Å². The number of hydrogen-bond acceptors (Lipinski definition) is 2. The number of halogens is 2. The van der Waals surface area contributed by atoms with E-state index in [0.717, 1.165) is 10.5 Å². The number of nitrogens with one attached hydrogen (secondary N) is 1. The van der Waals surface area contributed by atoms with Crippen LogP contribution in [0.1, 0.15) is 12.5 Å². The van der Waals surface area contributed by atoms with Gasteiger partial charge in [0, 0.05) is 13.5 Å². The molecule has 1 N–H and O–H groups in total. The van der Waals surface area contributed by atoms with E-state index >= 15 is 0 Å². The van der Waals surface area contributed by atoms with Gasteiger partial charge in [0.2, 0.25) is 11.8 Å². The van der Waals surface area contributed by atoms with Crippen LogP contribution in [0.4, 0.5) is 14.5 Å². The van der Waals surface area contributed by atoms with Crippen molar-refractivity contribution in [2.75, 3.05) is 18.0 Å². The van der Waals surface area contributed by atoms with Crippen LogP contribution in [-0.4, -0.2) is 24.9 Å². The highest BCUT2D eigenvalue weighted by Crippen LogP contribution is 2.18. The monoisotopic (exact) mass is 332 g/mol. The maximum Gasteiger partial charge on any atom is 0.240 e. The fourth-order valence-corrected chi connectivity index (χ4v) is 2.23. The van der Waals surface area contributed by atoms with Gasteiger partial charge in [0.25, 0.3) is 0 Å². The van der Waals surface area contributed by atoms with E-state index < -0.39 is 17.6 Å².